The molecule has 18 heavy (non-hydrogen) atoms. The van der Waals surface area contributed by atoms with Gasteiger partial charge < -0.3 is 5.32 Å². The van der Waals surface area contributed by atoms with E-state index in [1.165, 1.54) is 5.56 Å². The molecule has 4 N–H and O–H groups in total. The SMILES string of the molecule is CCc1ccc(Nc2nc(NN)ncc2F)cc1. The minimum absolute atomic E-state index is 0.0854. The minimum Gasteiger partial charge on any atom is -0.338 e. The van der Waals surface area contributed by atoms with Crippen LogP contribution in [0, 0.1) is 5.82 Å². The Balaban J connectivity index is 2.21. The molecule has 0 atom stereocenters. The van der Waals surface area contributed by atoms with Crippen molar-refractivity contribution < 1.29 is 4.39 Å². The summed E-state index contributed by atoms with van der Waals surface area (Å²) in [5.41, 5.74) is 4.24. The van der Waals surface area contributed by atoms with Crippen LogP contribution in [0.25, 0.3) is 0 Å². The van der Waals surface area contributed by atoms with E-state index >= 15 is 0 Å². The van der Waals surface area contributed by atoms with Crippen molar-refractivity contribution in [3.63, 3.8) is 0 Å². The van der Waals surface area contributed by atoms with E-state index in [9.17, 15) is 4.39 Å². The van der Waals surface area contributed by atoms with Gasteiger partial charge in [-0.05, 0) is 24.1 Å². The van der Waals surface area contributed by atoms with Crippen LogP contribution in [0.15, 0.2) is 30.5 Å². The Hall–Kier alpha value is -2.21. The number of hydrogen-bond acceptors (Lipinski definition) is 5. The molecule has 0 saturated heterocycles. The van der Waals surface area contributed by atoms with Gasteiger partial charge in [0.15, 0.2) is 11.6 Å². The monoisotopic (exact) mass is 247 g/mol. The highest BCUT2D eigenvalue weighted by molar-refractivity contribution is 5.57. The zero-order valence-electron chi connectivity index (χ0n) is 9.94. The molecule has 0 bridgehead atoms. The Morgan fingerprint density at radius 2 is 2.00 bits per heavy atom. The largest absolute Gasteiger partial charge is 0.338 e. The molecule has 0 unspecified atom stereocenters. The number of nitrogens with two attached hydrogens (primary N) is 1. The van der Waals surface area contributed by atoms with E-state index in [-0.39, 0.29) is 11.8 Å². The van der Waals surface area contributed by atoms with Crippen molar-refractivity contribution in [2.75, 3.05) is 10.7 Å². The van der Waals surface area contributed by atoms with Crippen LogP contribution >= 0.6 is 0 Å². The Labute approximate surface area is 104 Å². The molecular weight excluding hydrogens is 233 g/mol. The van der Waals surface area contributed by atoms with Gasteiger partial charge in [0.05, 0.1) is 6.20 Å². The number of halogens is 1. The van der Waals surface area contributed by atoms with Crippen molar-refractivity contribution in [1.29, 1.82) is 0 Å². The fraction of sp³-hybridized carbons (Fsp3) is 0.167. The molecule has 0 aliphatic carbocycles. The molecule has 0 fully saturated rings. The number of nitrogen functional groups attached to an aromatic ring is 1. The van der Waals surface area contributed by atoms with E-state index in [1.54, 1.807) is 0 Å². The maximum atomic E-state index is 13.5. The molecule has 0 spiro atoms. The van der Waals surface area contributed by atoms with E-state index in [2.05, 4.69) is 27.6 Å². The van der Waals surface area contributed by atoms with E-state index in [4.69, 9.17) is 5.84 Å². The van der Waals surface area contributed by atoms with Crippen LogP contribution in [0.2, 0.25) is 0 Å². The molecule has 1 aromatic carbocycles. The fourth-order valence-corrected chi connectivity index (χ4v) is 1.48. The molecule has 1 aromatic heterocycles. The normalized spacial score (nSPS) is 10.2. The Morgan fingerprint density at radius 1 is 1.28 bits per heavy atom. The van der Waals surface area contributed by atoms with E-state index < -0.39 is 5.82 Å². The Kier molecular flexibility index (Phi) is 3.69. The number of hydrogen-bond donors (Lipinski definition) is 3. The first kappa shape index (κ1) is 12.3. The van der Waals surface area contributed by atoms with Gasteiger partial charge in [-0.1, -0.05) is 19.1 Å². The lowest BCUT2D eigenvalue weighted by Gasteiger charge is -2.08. The van der Waals surface area contributed by atoms with Crippen LogP contribution in [-0.4, -0.2) is 9.97 Å². The third kappa shape index (κ3) is 2.72. The lowest BCUT2D eigenvalue weighted by molar-refractivity contribution is 0.619. The molecule has 0 saturated carbocycles. The minimum atomic E-state index is -0.534. The van der Waals surface area contributed by atoms with Crippen LogP contribution in [0.5, 0.6) is 0 Å². The Bertz CT molecular complexity index is 526. The number of hydrazine groups is 1. The number of anilines is 3. The zero-order chi connectivity index (χ0) is 13.0. The zero-order valence-corrected chi connectivity index (χ0v) is 9.94. The molecule has 94 valence electrons. The maximum absolute atomic E-state index is 13.5. The highest BCUT2D eigenvalue weighted by atomic mass is 19.1. The summed E-state index contributed by atoms with van der Waals surface area (Å²) in [4.78, 5) is 7.56. The summed E-state index contributed by atoms with van der Waals surface area (Å²) in [6.07, 6.45) is 2.02. The van der Waals surface area contributed by atoms with Gasteiger partial charge in [-0.15, -0.1) is 0 Å². The predicted molar refractivity (Wildman–Crippen MR) is 68.9 cm³/mol. The summed E-state index contributed by atoms with van der Waals surface area (Å²) in [6.45, 7) is 2.08. The highest BCUT2D eigenvalue weighted by Gasteiger charge is 2.06. The number of rotatable bonds is 4. The van der Waals surface area contributed by atoms with Crippen LogP contribution in [0.4, 0.5) is 21.8 Å². The van der Waals surface area contributed by atoms with Gasteiger partial charge in [0.25, 0.3) is 0 Å². The van der Waals surface area contributed by atoms with E-state index in [0.29, 0.717) is 0 Å². The van der Waals surface area contributed by atoms with Gasteiger partial charge in [-0.3, -0.25) is 5.43 Å². The third-order valence-corrected chi connectivity index (χ3v) is 2.50. The first-order valence-electron chi connectivity index (χ1n) is 5.58. The fourth-order valence-electron chi connectivity index (χ4n) is 1.48. The lowest BCUT2D eigenvalue weighted by Crippen LogP contribution is -2.11. The van der Waals surface area contributed by atoms with Gasteiger partial charge in [-0.2, -0.15) is 4.98 Å². The van der Waals surface area contributed by atoms with Gasteiger partial charge in [-0.25, -0.2) is 15.2 Å². The molecule has 2 aromatic rings. The van der Waals surface area contributed by atoms with Crippen LogP contribution in [-0.2, 0) is 6.42 Å². The third-order valence-electron chi connectivity index (χ3n) is 2.50. The first-order chi connectivity index (χ1) is 8.72. The average molecular weight is 247 g/mol. The topological polar surface area (TPSA) is 75.9 Å². The van der Waals surface area contributed by atoms with Crippen molar-refractivity contribution in [1.82, 2.24) is 9.97 Å². The molecule has 0 aliphatic heterocycles. The molecule has 1 heterocycles. The van der Waals surface area contributed by atoms with Crippen LogP contribution in [0.1, 0.15) is 12.5 Å². The van der Waals surface area contributed by atoms with Crippen LogP contribution < -0.4 is 16.6 Å². The smallest absolute Gasteiger partial charge is 0.239 e. The number of aryl methyl sites for hydroxylation is 1. The van der Waals surface area contributed by atoms with Gasteiger partial charge in [0.2, 0.25) is 5.95 Å². The van der Waals surface area contributed by atoms with Gasteiger partial charge in [0, 0.05) is 5.69 Å². The summed E-state index contributed by atoms with van der Waals surface area (Å²) in [5.74, 6) is 4.88. The van der Waals surface area contributed by atoms with Gasteiger partial charge in [0.1, 0.15) is 0 Å². The molecule has 0 aliphatic rings. The summed E-state index contributed by atoms with van der Waals surface area (Å²) in [7, 11) is 0. The number of nitrogens with zero attached hydrogens (tertiary/aromatic N) is 2. The van der Waals surface area contributed by atoms with Crippen molar-refractivity contribution in [3.05, 3.63) is 41.8 Å². The quantitative estimate of drug-likeness (QED) is 0.570. The average Bonchev–Trinajstić information content (AvgIpc) is 2.42. The first-order valence-corrected chi connectivity index (χ1v) is 5.58. The van der Waals surface area contributed by atoms with Crippen LogP contribution in [0.3, 0.4) is 0 Å². The number of benzene rings is 1. The van der Waals surface area contributed by atoms with Crippen molar-refractivity contribution in [2.45, 2.75) is 13.3 Å². The molecule has 5 nitrogen and oxygen atoms in total. The summed E-state index contributed by atoms with van der Waals surface area (Å²) in [5, 5.41) is 2.88. The highest BCUT2D eigenvalue weighted by Crippen LogP contribution is 2.18. The Morgan fingerprint density at radius 3 is 2.61 bits per heavy atom. The van der Waals surface area contributed by atoms with Crippen molar-refractivity contribution >= 4 is 17.5 Å². The molecule has 0 amide bonds. The summed E-state index contributed by atoms with van der Waals surface area (Å²) >= 11 is 0. The second kappa shape index (κ2) is 5.42. The number of aromatic nitrogens is 2. The van der Waals surface area contributed by atoms with Crippen molar-refractivity contribution in [2.24, 2.45) is 5.84 Å². The molecule has 0 radical (unpaired) electrons. The second-order valence-electron chi connectivity index (χ2n) is 3.71. The lowest BCUT2D eigenvalue weighted by atomic mass is 10.1. The second-order valence-corrected chi connectivity index (χ2v) is 3.71. The van der Waals surface area contributed by atoms with E-state index in [0.717, 1.165) is 18.3 Å². The van der Waals surface area contributed by atoms with Crippen molar-refractivity contribution in [3.8, 4) is 0 Å². The summed E-state index contributed by atoms with van der Waals surface area (Å²) in [6, 6.07) is 7.69. The maximum Gasteiger partial charge on any atom is 0.239 e. The molecule has 2 rings (SSSR count). The molecule has 6 heteroatoms. The van der Waals surface area contributed by atoms with E-state index in [1.807, 2.05) is 24.3 Å². The molecular formula is C12H14FN5. The summed E-state index contributed by atoms with van der Waals surface area (Å²) < 4.78 is 13.5. The standard InChI is InChI=1S/C12H14FN5/c1-2-8-3-5-9(6-4-8)16-11-10(13)7-15-12(17-11)18-14/h3-7H,2,14H2,1H3,(H2,15,16,17,18). The van der Waals surface area contributed by atoms with Gasteiger partial charge >= 0.3 is 0 Å². The number of nitrogens with one attached hydrogen (secondary N) is 2. The predicted octanol–water partition coefficient (Wildman–Crippen LogP) is 2.21.